The van der Waals surface area contributed by atoms with Crippen molar-refractivity contribution in [1.29, 1.82) is 0 Å². The average molecular weight is 465 g/mol. The highest BCUT2D eigenvalue weighted by Crippen LogP contribution is 2.31. The maximum absolute atomic E-state index is 13.2. The fourth-order valence-electron chi connectivity index (χ4n) is 4.04. The first-order chi connectivity index (χ1) is 14.6. The molecule has 1 aliphatic rings. The Hall–Kier alpha value is -2.09. The van der Waals surface area contributed by atoms with Crippen molar-refractivity contribution in [3.05, 3.63) is 52.0 Å². The summed E-state index contributed by atoms with van der Waals surface area (Å²) in [6, 6.07) is 8.51. The molecule has 2 aromatic carbocycles. The van der Waals surface area contributed by atoms with Gasteiger partial charge in [-0.1, -0.05) is 29.3 Å². The van der Waals surface area contributed by atoms with E-state index in [0.717, 1.165) is 22.4 Å². The third-order valence-corrected chi connectivity index (χ3v) is 7.68. The molecule has 2 aromatic rings. The monoisotopic (exact) mass is 464 g/mol. The topological polar surface area (TPSA) is 75.7 Å². The largest absolute Gasteiger partial charge is 0.492 e. The molecule has 8 heteroatoms. The average Bonchev–Trinajstić information content (AvgIpc) is 2.72. The highest BCUT2D eigenvalue weighted by atomic mass is 35.5. The van der Waals surface area contributed by atoms with Crippen molar-refractivity contribution in [3.63, 3.8) is 0 Å². The van der Waals surface area contributed by atoms with Crippen LogP contribution < -0.4 is 10.1 Å². The number of carbonyl (C=O) groups excluding carboxylic acids is 1. The Labute approximate surface area is 189 Å². The normalized spacial score (nSPS) is 17.4. The summed E-state index contributed by atoms with van der Waals surface area (Å²) in [7, 11) is -3.76. The molecule has 0 saturated carbocycles. The highest BCUT2D eigenvalue weighted by molar-refractivity contribution is 7.89. The summed E-state index contributed by atoms with van der Waals surface area (Å²) in [5, 5.41) is 3.27. The molecular weight excluding hydrogens is 436 g/mol. The van der Waals surface area contributed by atoms with E-state index in [9.17, 15) is 13.2 Å². The molecule has 1 atom stereocenters. The lowest BCUT2D eigenvalue weighted by Gasteiger charge is -2.31. The maximum atomic E-state index is 13.2. The first kappa shape index (κ1) is 23.6. The molecule has 0 unspecified atom stereocenters. The van der Waals surface area contributed by atoms with E-state index in [-0.39, 0.29) is 22.4 Å². The molecule has 168 valence electrons. The van der Waals surface area contributed by atoms with Gasteiger partial charge in [0.2, 0.25) is 15.9 Å². The number of nitrogens with zero attached hydrogens (tertiary/aromatic N) is 1. The number of sulfonamides is 1. The zero-order valence-electron chi connectivity index (χ0n) is 18.4. The second-order valence-corrected chi connectivity index (χ2v) is 10.3. The molecule has 0 aliphatic carbocycles. The van der Waals surface area contributed by atoms with Gasteiger partial charge in [-0.25, -0.2) is 8.42 Å². The number of rotatable bonds is 6. The minimum absolute atomic E-state index is 0.104. The van der Waals surface area contributed by atoms with Gasteiger partial charge < -0.3 is 10.1 Å². The zero-order valence-corrected chi connectivity index (χ0v) is 19.9. The van der Waals surface area contributed by atoms with Crippen LogP contribution in [0, 0.1) is 26.7 Å². The van der Waals surface area contributed by atoms with Crippen molar-refractivity contribution in [3.8, 4) is 5.75 Å². The Bertz CT molecular complexity index is 1060. The summed E-state index contributed by atoms with van der Waals surface area (Å²) in [6.07, 6.45) is 1.26. The van der Waals surface area contributed by atoms with Gasteiger partial charge in [-0.2, -0.15) is 4.31 Å². The summed E-state index contributed by atoms with van der Waals surface area (Å²) in [5.74, 6) is -0.121. The zero-order chi connectivity index (χ0) is 22.8. The van der Waals surface area contributed by atoms with Gasteiger partial charge in [0.25, 0.3) is 0 Å². The number of halogens is 1. The third kappa shape index (κ3) is 5.22. The molecule has 1 heterocycles. The van der Waals surface area contributed by atoms with E-state index in [4.69, 9.17) is 16.3 Å². The van der Waals surface area contributed by atoms with Crippen molar-refractivity contribution in [2.24, 2.45) is 5.92 Å². The fourth-order valence-corrected chi connectivity index (χ4v) is 5.89. The van der Waals surface area contributed by atoms with Crippen molar-refractivity contribution in [2.45, 2.75) is 45.4 Å². The lowest BCUT2D eigenvalue weighted by Crippen LogP contribution is -2.43. The van der Waals surface area contributed by atoms with E-state index < -0.39 is 15.9 Å². The Morgan fingerprint density at radius 3 is 2.48 bits per heavy atom. The van der Waals surface area contributed by atoms with Crippen molar-refractivity contribution in [2.75, 3.05) is 25.0 Å². The number of anilines is 1. The molecule has 1 aliphatic heterocycles. The Kier molecular flexibility index (Phi) is 7.29. The number of hydrogen-bond donors (Lipinski definition) is 1. The number of carbonyl (C=O) groups is 1. The lowest BCUT2D eigenvalue weighted by atomic mass is 9.98. The SMILES string of the molecule is CCOc1ccc(S(=O)(=O)N2CCC[C@@H](C(=O)Nc3c(C)cc(C)cc3C)C2)cc1Cl. The van der Waals surface area contributed by atoms with Gasteiger partial charge in [0.05, 0.1) is 22.4 Å². The lowest BCUT2D eigenvalue weighted by molar-refractivity contribution is -0.120. The van der Waals surface area contributed by atoms with Gasteiger partial charge in [0, 0.05) is 18.8 Å². The number of nitrogens with one attached hydrogen (secondary N) is 1. The molecule has 0 bridgehead atoms. The number of ether oxygens (including phenoxy) is 1. The van der Waals surface area contributed by atoms with Gasteiger partial charge in [-0.3, -0.25) is 4.79 Å². The van der Waals surface area contributed by atoms with Crippen molar-refractivity contribution >= 4 is 33.2 Å². The second-order valence-electron chi connectivity index (χ2n) is 7.99. The van der Waals surface area contributed by atoms with Crippen LogP contribution in [0.25, 0.3) is 0 Å². The van der Waals surface area contributed by atoms with Crippen molar-refractivity contribution in [1.82, 2.24) is 4.31 Å². The Morgan fingerprint density at radius 1 is 1.19 bits per heavy atom. The fraction of sp³-hybridized carbons (Fsp3) is 0.435. The highest BCUT2D eigenvalue weighted by Gasteiger charge is 2.34. The second kappa shape index (κ2) is 9.59. The van der Waals surface area contributed by atoms with Crippen LogP contribution in [0.15, 0.2) is 35.2 Å². The number of amides is 1. The summed E-state index contributed by atoms with van der Waals surface area (Å²) in [5.41, 5.74) is 3.93. The molecule has 1 amide bonds. The quantitative estimate of drug-likeness (QED) is 0.672. The van der Waals surface area contributed by atoms with E-state index in [0.29, 0.717) is 31.7 Å². The summed E-state index contributed by atoms with van der Waals surface area (Å²) < 4.78 is 33.1. The number of piperidine rings is 1. The molecule has 0 spiro atoms. The first-order valence-corrected chi connectivity index (χ1v) is 12.3. The van der Waals surface area contributed by atoms with Gasteiger partial charge in [-0.15, -0.1) is 0 Å². The van der Waals surface area contributed by atoms with Crippen LogP contribution in [0.4, 0.5) is 5.69 Å². The summed E-state index contributed by atoms with van der Waals surface area (Å²) in [6.45, 7) is 8.73. The van der Waals surface area contributed by atoms with Crippen LogP contribution >= 0.6 is 11.6 Å². The predicted octanol–water partition coefficient (Wildman–Crippen LogP) is 4.70. The van der Waals surface area contributed by atoms with Gasteiger partial charge in [-0.05, 0) is 69.9 Å². The van der Waals surface area contributed by atoms with E-state index in [2.05, 4.69) is 5.32 Å². The standard InChI is InChI=1S/C23H29ClN2O4S/c1-5-30-21-9-8-19(13-20(21)24)31(28,29)26-10-6-7-18(14-26)23(27)25-22-16(3)11-15(2)12-17(22)4/h8-9,11-13,18H,5-7,10,14H2,1-4H3,(H,25,27)/t18-/m1/s1. The van der Waals surface area contributed by atoms with E-state index in [1.165, 1.54) is 16.4 Å². The van der Waals surface area contributed by atoms with Crippen LogP contribution in [-0.2, 0) is 14.8 Å². The minimum Gasteiger partial charge on any atom is -0.492 e. The van der Waals surface area contributed by atoms with Gasteiger partial charge >= 0.3 is 0 Å². The maximum Gasteiger partial charge on any atom is 0.243 e. The first-order valence-electron chi connectivity index (χ1n) is 10.4. The number of hydrogen-bond acceptors (Lipinski definition) is 4. The van der Waals surface area contributed by atoms with Crippen LogP contribution in [0.2, 0.25) is 5.02 Å². The Balaban J connectivity index is 1.77. The summed E-state index contributed by atoms with van der Waals surface area (Å²) in [4.78, 5) is 13.1. The van der Waals surface area contributed by atoms with E-state index in [1.807, 2.05) is 39.8 Å². The van der Waals surface area contributed by atoms with Crippen LogP contribution in [0.1, 0.15) is 36.5 Å². The van der Waals surface area contributed by atoms with Crippen LogP contribution in [-0.4, -0.2) is 38.3 Å². The predicted molar refractivity (Wildman–Crippen MR) is 123 cm³/mol. The number of benzene rings is 2. The molecule has 0 aromatic heterocycles. The van der Waals surface area contributed by atoms with Crippen molar-refractivity contribution < 1.29 is 17.9 Å². The Morgan fingerprint density at radius 2 is 1.87 bits per heavy atom. The summed E-state index contributed by atoms with van der Waals surface area (Å²) >= 11 is 6.19. The molecule has 1 N–H and O–H groups in total. The molecule has 0 radical (unpaired) electrons. The molecule has 6 nitrogen and oxygen atoms in total. The van der Waals surface area contributed by atoms with Gasteiger partial charge in [0.1, 0.15) is 5.75 Å². The molecule has 1 fully saturated rings. The molecular formula is C23H29ClN2O4S. The smallest absolute Gasteiger partial charge is 0.243 e. The minimum atomic E-state index is -3.76. The van der Waals surface area contributed by atoms with E-state index >= 15 is 0 Å². The molecule has 3 rings (SSSR count). The molecule has 31 heavy (non-hydrogen) atoms. The van der Waals surface area contributed by atoms with Crippen LogP contribution in [0.5, 0.6) is 5.75 Å². The molecule has 1 saturated heterocycles. The third-order valence-electron chi connectivity index (χ3n) is 5.52. The van der Waals surface area contributed by atoms with Crippen LogP contribution in [0.3, 0.4) is 0 Å². The van der Waals surface area contributed by atoms with Gasteiger partial charge in [0.15, 0.2) is 0 Å². The van der Waals surface area contributed by atoms with E-state index in [1.54, 1.807) is 6.07 Å². The number of aryl methyl sites for hydroxylation is 3.